The zero-order valence-corrected chi connectivity index (χ0v) is 11.4. The molecule has 2 N–H and O–H groups in total. The fraction of sp³-hybridized carbons (Fsp3) is 0.714. The highest BCUT2D eigenvalue weighted by Gasteiger charge is 2.35. The van der Waals surface area contributed by atoms with Gasteiger partial charge >= 0.3 is 0 Å². The number of amides is 1. The number of aromatic nitrogens is 2. The van der Waals surface area contributed by atoms with Gasteiger partial charge in [0.25, 0.3) is 0 Å². The number of hydrogen-bond acceptors (Lipinski definition) is 3. The van der Waals surface area contributed by atoms with Crippen molar-refractivity contribution in [3.63, 3.8) is 0 Å². The largest absolute Gasteiger partial charge is 0.353 e. The smallest absolute Gasteiger partial charge is 0.225 e. The van der Waals surface area contributed by atoms with Crippen molar-refractivity contribution in [1.29, 1.82) is 0 Å². The first-order valence-corrected chi connectivity index (χ1v) is 7.23. The first-order valence-electron chi connectivity index (χ1n) is 7.23. The second-order valence-corrected chi connectivity index (χ2v) is 5.81. The van der Waals surface area contributed by atoms with Gasteiger partial charge < -0.3 is 10.6 Å². The summed E-state index contributed by atoms with van der Waals surface area (Å²) >= 11 is 0. The summed E-state index contributed by atoms with van der Waals surface area (Å²) in [6, 6.07) is 0.405. The van der Waals surface area contributed by atoms with Crippen molar-refractivity contribution in [2.45, 2.75) is 37.6 Å². The Hall–Kier alpha value is -1.36. The van der Waals surface area contributed by atoms with Gasteiger partial charge in [-0.1, -0.05) is 12.8 Å². The van der Waals surface area contributed by atoms with Gasteiger partial charge in [0.1, 0.15) is 0 Å². The molecule has 0 radical (unpaired) electrons. The molecule has 2 heterocycles. The van der Waals surface area contributed by atoms with E-state index in [1.54, 1.807) is 4.68 Å². The van der Waals surface area contributed by atoms with E-state index in [0.717, 1.165) is 25.9 Å². The Kier molecular flexibility index (Phi) is 3.55. The zero-order valence-electron chi connectivity index (χ0n) is 11.4. The lowest BCUT2D eigenvalue weighted by Gasteiger charge is -2.20. The summed E-state index contributed by atoms with van der Waals surface area (Å²) in [5.74, 6) is 0.519. The van der Waals surface area contributed by atoms with Gasteiger partial charge in [-0.3, -0.25) is 9.48 Å². The van der Waals surface area contributed by atoms with E-state index in [9.17, 15) is 4.79 Å². The number of hydrogen-bond donors (Lipinski definition) is 2. The highest BCUT2D eigenvalue weighted by atomic mass is 16.2. The quantitative estimate of drug-likeness (QED) is 0.846. The first-order chi connectivity index (χ1) is 9.24. The second kappa shape index (κ2) is 5.33. The average molecular weight is 262 g/mol. The van der Waals surface area contributed by atoms with Crippen molar-refractivity contribution < 1.29 is 4.79 Å². The fourth-order valence-corrected chi connectivity index (χ4v) is 3.31. The Morgan fingerprint density at radius 1 is 1.42 bits per heavy atom. The summed E-state index contributed by atoms with van der Waals surface area (Å²) in [6.45, 7) is 1.65. The van der Waals surface area contributed by atoms with Crippen molar-refractivity contribution >= 4 is 5.91 Å². The van der Waals surface area contributed by atoms with E-state index >= 15 is 0 Å². The van der Waals surface area contributed by atoms with Crippen LogP contribution in [0.2, 0.25) is 0 Å². The van der Waals surface area contributed by atoms with Crippen LogP contribution in [0.25, 0.3) is 0 Å². The lowest BCUT2D eigenvalue weighted by molar-refractivity contribution is -0.125. The Morgan fingerprint density at radius 2 is 2.21 bits per heavy atom. The monoisotopic (exact) mass is 262 g/mol. The van der Waals surface area contributed by atoms with Gasteiger partial charge in [-0.2, -0.15) is 5.10 Å². The molecule has 3 rings (SSSR count). The maximum Gasteiger partial charge on any atom is 0.225 e. The molecule has 0 bridgehead atoms. The molecule has 1 aromatic heterocycles. The third kappa shape index (κ3) is 2.66. The van der Waals surface area contributed by atoms with Crippen LogP contribution in [0.5, 0.6) is 0 Å². The van der Waals surface area contributed by atoms with Gasteiger partial charge in [0.05, 0.1) is 12.1 Å². The minimum Gasteiger partial charge on any atom is -0.353 e. The number of rotatable bonds is 3. The second-order valence-electron chi connectivity index (χ2n) is 5.81. The summed E-state index contributed by atoms with van der Waals surface area (Å²) < 4.78 is 1.81. The molecule has 0 aromatic carbocycles. The van der Waals surface area contributed by atoms with Crippen LogP contribution >= 0.6 is 0 Å². The average Bonchev–Trinajstić information content (AvgIpc) is 3.07. The molecule has 1 aliphatic carbocycles. The molecule has 19 heavy (non-hydrogen) atoms. The Labute approximate surface area is 113 Å². The van der Waals surface area contributed by atoms with E-state index in [-0.39, 0.29) is 17.7 Å². The van der Waals surface area contributed by atoms with Gasteiger partial charge in [-0.05, 0) is 18.4 Å². The highest BCUT2D eigenvalue weighted by molar-refractivity contribution is 5.80. The summed E-state index contributed by atoms with van der Waals surface area (Å²) in [7, 11) is 1.92. The molecule has 2 fully saturated rings. The molecular weight excluding hydrogens is 240 g/mol. The molecule has 5 nitrogen and oxygen atoms in total. The summed E-state index contributed by atoms with van der Waals surface area (Å²) in [6.07, 6.45) is 8.69. The molecule has 5 heteroatoms. The normalized spacial score (nSPS) is 27.8. The zero-order chi connectivity index (χ0) is 13.2. The molecule has 0 unspecified atom stereocenters. The van der Waals surface area contributed by atoms with Crippen molar-refractivity contribution in [3.8, 4) is 0 Å². The molecule has 1 saturated heterocycles. The van der Waals surface area contributed by atoms with Crippen molar-refractivity contribution in [2.75, 3.05) is 13.1 Å². The van der Waals surface area contributed by atoms with Crippen LogP contribution in [-0.2, 0) is 11.8 Å². The van der Waals surface area contributed by atoms with Crippen LogP contribution in [0.3, 0.4) is 0 Å². The van der Waals surface area contributed by atoms with E-state index < -0.39 is 0 Å². The van der Waals surface area contributed by atoms with Crippen molar-refractivity contribution in [2.24, 2.45) is 13.0 Å². The summed E-state index contributed by atoms with van der Waals surface area (Å²) in [4.78, 5) is 12.4. The molecular formula is C14H22N4O. The fourth-order valence-electron chi connectivity index (χ4n) is 3.31. The van der Waals surface area contributed by atoms with E-state index in [2.05, 4.69) is 15.7 Å². The van der Waals surface area contributed by atoms with Crippen LogP contribution in [0.1, 0.15) is 37.2 Å². The van der Waals surface area contributed by atoms with Crippen LogP contribution in [0.4, 0.5) is 0 Å². The third-order valence-corrected chi connectivity index (χ3v) is 4.41. The maximum absolute atomic E-state index is 12.4. The van der Waals surface area contributed by atoms with Crippen molar-refractivity contribution in [1.82, 2.24) is 20.4 Å². The maximum atomic E-state index is 12.4. The number of carbonyl (C=O) groups excluding carboxylic acids is 1. The number of aryl methyl sites for hydroxylation is 1. The van der Waals surface area contributed by atoms with Crippen LogP contribution < -0.4 is 10.6 Å². The molecule has 2 atom stereocenters. The van der Waals surface area contributed by atoms with Gasteiger partial charge in [0.15, 0.2) is 0 Å². The van der Waals surface area contributed by atoms with E-state index in [1.165, 1.54) is 18.4 Å². The molecule has 1 amide bonds. The topological polar surface area (TPSA) is 59.0 Å². The number of nitrogens with zero attached hydrogens (tertiary/aromatic N) is 2. The van der Waals surface area contributed by atoms with Gasteiger partial charge in [-0.15, -0.1) is 0 Å². The van der Waals surface area contributed by atoms with E-state index in [0.29, 0.717) is 6.04 Å². The molecule has 104 valence electrons. The van der Waals surface area contributed by atoms with Gasteiger partial charge in [-0.25, -0.2) is 0 Å². The molecule has 0 spiro atoms. The highest BCUT2D eigenvalue weighted by Crippen LogP contribution is 2.28. The summed E-state index contributed by atoms with van der Waals surface area (Å²) in [5.41, 5.74) is 1.17. The Bertz CT molecular complexity index is 450. The van der Waals surface area contributed by atoms with Crippen molar-refractivity contribution in [3.05, 3.63) is 18.0 Å². The molecule has 1 aliphatic heterocycles. The Balaban J connectivity index is 1.66. The van der Waals surface area contributed by atoms with Crippen LogP contribution in [0, 0.1) is 5.92 Å². The van der Waals surface area contributed by atoms with E-state index in [4.69, 9.17) is 0 Å². The van der Waals surface area contributed by atoms with E-state index in [1.807, 2.05) is 19.4 Å². The predicted molar refractivity (Wildman–Crippen MR) is 72.7 cm³/mol. The molecule has 1 aromatic rings. The molecule has 1 saturated carbocycles. The van der Waals surface area contributed by atoms with Gasteiger partial charge in [0.2, 0.25) is 5.91 Å². The minimum atomic E-state index is 0.0461. The molecule has 2 aliphatic rings. The van der Waals surface area contributed by atoms with Crippen LogP contribution in [0.15, 0.2) is 12.4 Å². The third-order valence-electron chi connectivity index (χ3n) is 4.41. The predicted octanol–water partition coefficient (Wildman–Crippen LogP) is 0.782. The standard InChI is InChI=1S/C14H22N4O/c1-18-9-10(6-16-18)12-7-15-8-13(12)14(19)17-11-4-2-3-5-11/h6,9,11-13,15H,2-5,7-8H2,1H3,(H,17,19)/t12-,13+/m1/s1. The lowest BCUT2D eigenvalue weighted by atomic mass is 9.90. The Morgan fingerprint density at radius 3 is 2.89 bits per heavy atom. The summed E-state index contributed by atoms with van der Waals surface area (Å²) in [5, 5.41) is 10.8. The first kappa shape index (κ1) is 12.7. The van der Waals surface area contributed by atoms with Crippen LogP contribution in [-0.4, -0.2) is 34.8 Å². The number of carbonyl (C=O) groups is 1. The number of nitrogens with one attached hydrogen (secondary N) is 2. The lowest BCUT2D eigenvalue weighted by Crippen LogP contribution is -2.39. The van der Waals surface area contributed by atoms with Gasteiger partial charge in [0, 0.05) is 38.3 Å². The minimum absolute atomic E-state index is 0.0461. The SMILES string of the molecule is Cn1cc([C@H]2CNC[C@@H]2C(=O)NC2CCCC2)cn1.